The number of aromatic nitrogens is 1. The maximum absolute atomic E-state index is 12.3. The molecule has 5 nitrogen and oxygen atoms in total. The van der Waals surface area contributed by atoms with Crippen LogP contribution in [0, 0.1) is 3.57 Å². The minimum absolute atomic E-state index is 0.154. The number of benzene rings is 1. The third-order valence-electron chi connectivity index (χ3n) is 3.98. The summed E-state index contributed by atoms with van der Waals surface area (Å²) in [7, 11) is 2.05. The number of likely N-dealkylation sites (N-methyl/N-ethyl adjacent to an activating group) is 1. The summed E-state index contributed by atoms with van der Waals surface area (Å²) in [5, 5.41) is 9.77. The highest BCUT2D eigenvalue weighted by atomic mass is 127. The van der Waals surface area contributed by atoms with E-state index < -0.39 is 11.4 Å². The molecule has 2 aromatic rings. The molecular formula is C15H15IN2O3. The van der Waals surface area contributed by atoms with Gasteiger partial charge in [0, 0.05) is 27.7 Å². The maximum Gasteiger partial charge on any atom is 0.341 e. The highest BCUT2D eigenvalue weighted by molar-refractivity contribution is 14.1. The zero-order valence-corrected chi connectivity index (χ0v) is 13.7. The van der Waals surface area contributed by atoms with Crippen molar-refractivity contribution >= 4 is 39.5 Å². The summed E-state index contributed by atoms with van der Waals surface area (Å²) in [6.07, 6.45) is 2.46. The van der Waals surface area contributed by atoms with Crippen LogP contribution in [0.5, 0.6) is 0 Å². The molecule has 0 spiro atoms. The molecule has 0 bridgehead atoms. The van der Waals surface area contributed by atoms with E-state index in [4.69, 9.17) is 0 Å². The van der Waals surface area contributed by atoms with Crippen LogP contribution < -0.4 is 5.43 Å². The van der Waals surface area contributed by atoms with Crippen molar-refractivity contribution < 1.29 is 9.90 Å². The summed E-state index contributed by atoms with van der Waals surface area (Å²) >= 11 is 2.13. The van der Waals surface area contributed by atoms with Gasteiger partial charge in [-0.3, -0.25) is 4.79 Å². The Morgan fingerprint density at radius 3 is 2.81 bits per heavy atom. The molecule has 1 atom stereocenters. The molecule has 3 rings (SSSR count). The standard InChI is InChI=1S/C15H15IN2O3/c1-17-5-4-10(7-17)18-8-12(15(20)21)14(19)11-6-9(16)2-3-13(11)18/h2-3,6,8,10H,4-5,7H2,1H3,(H,20,21)/t10-/m1/s1. The first-order valence-corrected chi connectivity index (χ1v) is 7.81. The van der Waals surface area contributed by atoms with Crippen LogP contribution in [0.1, 0.15) is 22.8 Å². The van der Waals surface area contributed by atoms with Gasteiger partial charge in [-0.15, -0.1) is 0 Å². The van der Waals surface area contributed by atoms with E-state index in [1.165, 1.54) is 6.20 Å². The van der Waals surface area contributed by atoms with Crippen molar-refractivity contribution in [2.45, 2.75) is 12.5 Å². The summed E-state index contributed by atoms with van der Waals surface area (Å²) in [5.41, 5.74) is 0.253. The van der Waals surface area contributed by atoms with Gasteiger partial charge in [0.15, 0.2) is 0 Å². The smallest absolute Gasteiger partial charge is 0.341 e. The van der Waals surface area contributed by atoms with Crippen molar-refractivity contribution in [3.63, 3.8) is 0 Å². The van der Waals surface area contributed by atoms with E-state index in [0.717, 1.165) is 28.6 Å². The fourth-order valence-corrected chi connectivity index (χ4v) is 3.41. The minimum Gasteiger partial charge on any atom is -0.477 e. The van der Waals surface area contributed by atoms with Crippen molar-refractivity contribution in [1.82, 2.24) is 9.47 Å². The number of rotatable bonds is 2. The molecule has 1 saturated heterocycles. The average molecular weight is 398 g/mol. The van der Waals surface area contributed by atoms with Crippen molar-refractivity contribution in [2.24, 2.45) is 0 Å². The van der Waals surface area contributed by atoms with Crippen molar-refractivity contribution in [3.05, 3.63) is 43.8 Å². The topological polar surface area (TPSA) is 62.5 Å². The first-order valence-electron chi connectivity index (χ1n) is 6.73. The van der Waals surface area contributed by atoms with E-state index in [1.807, 2.05) is 23.7 Å². The van der Waals surface area contributed by atoms with Gasteiger partial charge in [-0.1, -0.05) is 0 Å². The van der Waals surface area contributed by atoms with Gasteiger partial charge in [-0.2, -0.15) is 0 Å². The summed E-state index contributed by atoms with van der Waals surface area (Å²) in [6.45, 7) is 1.84. The molecule has 1 aromatic heterocycles. The zero-order valence-electron chi connectivity index (χ0n) is 11.5. The molecule has 1 N–H and O–H groups in total. The van der Waals surface area contributed by atoms with E-state index in [-0.39, 0.29) is 11.6 Å². The van der Waals surface area contributed by atoms with E-state index in [0.29, 0.717) is 5.39 Å². The Balaban J connectivity index is 2.30. The zero-order chi connectivity index (χ0) is 15.1. The van der Waals surface area contributed by atoms with Crippen LogP contribution >= 0.6 is 22.6 Å². The lowest BCUT2D eigenvalue weighted by Crippen LogP contribution is -2.22. The second-order valence-electron chi connectivity index (χ2n) is 5.45. The molecule has 0 amide bonds. The Bertz CT molecular complexity index is 784. The molecule has 1 aromatic carbocycles. The number of carboxylic acids is 1. The molecule has 6 heteroatoms. The maximum atomic E-state index is 12.3. The number of likely N-dealkylation sites (tertiary alicyclic amines) is 1. The molecule has 0 aliphatic carbocycles. The third kappa shape index (κ3) is 2.57. The number of pyridine rings is 1. The number of aromatic carboxylic acids is 1. The molecule has 1 fully saturated rings. The van der Waals surface area contributed by atoms with Gasteiger partial charge in [0.05, 0.1) is 5.52 Å². The van der Waals surface area contributed by atoms with Gasteiger partial charge < -0.3 is 14.6 Å². The predicted octanol–water partition coefficient (Wildman–Crippen LogP) is 2.18. The molecule has 0 unspecified atom stereocenters. The predicted molar refractivity (Wildman–Crippen MR) is 89.0 cm³/mol. The average Bonchev–Trinajstić information content (AvgIpc) is 2.86. The number of halogens is 1. The summed E-state index contributed by atoms with van der Waals surface area (Å²) in [4.78, 5) is 25.9. The second-order valence-corrected chi connectivity index (χ2v) is 6.70. The SMILES string of the molecule is CN1CC[C@@H](n2cc(C(=O)O)c(=O)c3cc(I)ccc32)C1. The highest BCUT2D eigenvalue weighted by Crippen LogP contribution is 2.25. The molecule has 1 aliphatic heterocycles. The van der Waals surface area contributed by atoms with Gasteiger partial charge >= 0.3 is 5.97 Å². The number of carbonyl (C=O) groups is 1. The Morgan fingerprint density at radius 1 is 1.43 bits per heavy atom. The molecule has 0 saturated carbocycles. The second kappa shape index (κ2) is 5.42. The number of hydrogen-bond donors (Lipinski definition) is 1. The Hall–Kier alpha value is -1.41. The quantitative estimate of drug-likeness (QED) is 0.788. The number of nitrogens with zero attached hydrogens (tertiary/aromatic N) is 2. The summed E-state index contributed by atoms with van der Waals surface area (Å²) < 4.78 is 2.88. The molecule has 21 heavy (non-hydrogen) atoms. The first-order chi connectivity index (χ1) is 9.97. The lowest BCUT2D eigenvalue weighted by Gasteiger charge is -2.19. The third-order valence-corrected chi connectivity index (χ3v) is 4.66. The van der Waals surface area contributed by atoms with E-state index in [9.17, 15) is 14.7 Å². The molecule has 2 heterocycles. The molecular weight excluding hydrogens is 383 g/mol. The van der Waals surface area contributed by atoms with Crippen LogP contribution in [0.2, 0.25) is 0 Å². The van der Waals surface area contributed by atoms with Gasteiger partial charge in [-0.05, 0) is 60.8 Å². The highest BCUT2D eigenvalue weighted by Gasteiger charge is 2.24. The summed E-state index contributed by atoms with van der Waals surface area (Å²) in [5.74, 6) is -1.17. The normalized spacial score (nSPS) is 19.2. The molecule has 110 valence electrons. The fraction of sp³-hybridized carbons (Fsp3) is 0.333. The molecule has 0 radical (unpaired) electrons. The number of hydrogen-bond acceptors (Lipinski definition) is 3. The van der Waals surface area contributed by atoms with Gasteiger partial charge in [-0.25, -0.2) is 4.79 Å². The fourth-order valence-electron chi connectivity index (χ4n) is 2.92. The largest absolute Gasteiger partial charge is 0.477 e. The van der Waals surface area contributed by atoms with E-state index in [1.54, 1.807) is 6.07 Å². The lowest BCUT2D eigenvalue weighted by molar-refractivity contribution is 0.0694. The van der Waals surface area contributed by atoms with Gasteiger partial charge in [0.2, 0.25) is 5.43 Å². The van der Waals surface area contributed by atoms with Crippen LogP contribution in [0.25, 0.3) is 10.9 Å². The van der Waals surface area contributed by atoms with Crippen LogP contribution in [0.4, 0.5) is 0 Å². The minimum atomic E-state index is -1.17. The van der Waals surface area contributed by atoms with Gasteiger partial charge in [0.1, 0.15) is 5.56 Å². The van der Waals surface area contributed by atoms with Crippen molar-refractivity contribution in [2.75, 3.05) is 20.1 Å². The van der Waals surface area contributed by atoms with Crippen molar-refractivity contribution in [1.29, 1.82) is 0 Å². The summed E-state index contributed by atoms with van der Waals surface area (Å²) in [6, 6.07) is 5.82. The van der Waals surface area contributed by atoms with Crippen molar-refractivity contribution in [3.8, 4) is 0 Å². The number of carboxylic acid groups (broad SMARTS) is 1. The molecule has 1 aliphatic rings. The first kappa shape index (κ1) is 14.5. The van der Waals surface area contributed by atoms with Crippen LogP contribution in [0.3, 0.4) is 0 Å². The van der Waals surface area contributed by atoms with Crippen LogP contribution in [-0.4, -0.2) is 40.7 Å². The Morgan fingerprint density at radius 2 is 2.19 bits per heavy atom. The lowest BCUT2D eigenvalue weighted by atomic mass is 10.1. The number of fused-ring (bicyclic) bond motifs is 1. The monoisotopic (exact) mass is 398 g/mol. The van der Waals surface area contributed by atoms with Gasteiger partial charge in [0.25, 0.3) is 0 Å². The van der Waals surface area contributed by atoms with E-state index in [2.05, 4.69) is 27.5 Å². The Labute approximate surface area is 135 Å². The van der Waals surface area contributed by atoms with Crippen LogP contribution in [0.15, 0.2) is 29.2 Å². The Kier molecular flexibility index (Phi) is 3.75. The van der Waals surface area contributed by atoms with Crippen LogP contribution in [-0.2, 0) is 0 Å². The van der Waals surface area contributed by atoms with E-state index >= 15 is 0 Å².